The number of rotatable bonds is 10. The number of aryl methyl sites for hydroxylation is 2. The topological polar surface area (TPSA) is 81.4 Å². The normalized spacial score (nSPS) is 11.2. The molecule has 0 aliphatic carbocycles. The van der Waals surface area contributed by atoms with Crippen molar-refractivity contribution in [3.63, 3.8) is 0 Å². The Balaban J connectivity index is 1.67. The van der Waals surface area contributed by atoms with E-state index in [0.29, 0.717) is 37.1 Å². The first-order chi connectivity index (χ1) is 14.5. The third-order valence-electron chi connectivity index (χ3n) is 4.68. The van der Waals surface area contributed by atoms with Crippen LogP contribution in [0.25, 0.3) is 5.78 Å². The maximum atomic E-state index is 12.0. The number of ether oxygens (including phenoxy) is 1. The monoisotopic (exact) mass is 447 g/mol. The fourth-order valence-corrected chi connectivity index (χ4v) is 3.92. The van der Waals surface area contributed by atoms with Gasteiger partial charge in [-0.3, -0.25) is 4.79 Å². The predicted octanol–water partition coefficient (Wildman–Crippen LogP) is 3.62. The van der Waals surface area contributed by atoms with Crippen LogP contribution in [-0.2, 0) is 16.0 Å². The summed E-state index contributed by atoms with van der Waals surface area (Å²) in [5, 5.41) is 8.69. The predicted molar refractivity (Wildman–Crippen MR) is 119 cm³/mol. The molecule has 7 nitrogen and oxygen atoms in total. The van der Waals surface area contributed by atoms with Crippen molar-refractivity contribution in [1.82, 2.24) is 24.9 Å². The number of nitrogens with zero attached hydrogens (tertiary/aromatic N) is 4. The Hall–Kier alpha value is -2.16. The van der Waals surface area contributed by atoms with Gasteiger partial charge in [-0.2, -0.15) is 4.98 Å². The fraction of sp³-hybridized carbons (Fsp3) is 0.429. The van der Waals surface area contributed by atoms with Crippen LogP contribution in [0.4, 0.5) is 0 Å². The van der Waals surface area contributed by atoms with Gasteiger partial charge in [0.1, 0.15) is 0 Å². The molecule has 0 bridgehead atoms. The van der Waals surface area contributed by atoms with Gasteiger partial charge in [-0.1, -0.05) is 41.6 Å². The van der Waals surface area contributed by atoms with Gasteiger partial charge in [0.25, 0.3) is 5.78 Å². The van der Waals surface area contributed by atoms with E-state index in [1.807, 2.05) is 45.0 Å². The molecule has 2 heterocycles. The van der Waals surface area contributed by atoms with Crippen molar-refractivity contribution >= 4 is 35.0 Å². The van der Waals surface area contributed by atoms with Crippen LogP contribution in [-0.4, -0.2) is 51.0 Å². The summed E-state index contributed by atoms with van der Waals surface area (Å²) in [5.41, 5.74) is 3.99. The first-order valence-electron chi connectivity index (χ1n) is 9.93. The standard InChI is InChI=1S/C21H26ClN5O2S/c1-4-29-11-7-10-23-19(28)13-30-21-25-20-24-14(2)17(15(3)27(20)26-21)12-16-8-5-6-9-18(16)22/h5-6,8-9H,4,7,10-13H2,1-3H3,(H,23,28). The smallest absolute Gasteiger partial charge is 0.253 e. The summed E-state index contributed by atoms with van der Waals surface area (Å²) in [6.07, 6.45) is 1.47. The minimum Gasteiger partial charge on any atom is -0.382 e. The minimum atomic E-state index is -0.0457. The zero-order chi connectivity index (χ0) is 21.5. The van der Waals surface area contributed by atoms with Gasteiger partial charge < -0.3 is 10.1 Å². The van der Waals surface area contributed by atoms with Gasteiger partial charge in [-0.25, -0.2) is 9.50 Å². The molecule has 0 fully saturated rings. The summed E-state index contributed by atoms with van der Waals surface area (Å²) < 4.78 is 7.00. The van der Waals surface area contributed by atoms with E-state index >= 15 is 0 Å². The zero-order valence-electron chi connectivity index (χ0n) is 17.4. The molecule has 0 aliphatic heterocycles. The lowest BCUT2D eigenvalue weighted by Gasteiger charge is -2.11. The number of benzene rings is 1. The number of fused-ring (bicyclic) bond motifs is 1. The molecule has 0 atom stereocenters. The van der Waals surface area contributed by atoms with E-state index in [2.05, 4.69) is 20.4 Å². The second-order valence-electron chi connectivity index (χ2n) is 6.82. The van der Waals surface area contributed by atoms with Gasteiger partial charge in [-0.15, -0.1) is 5.10 Å². The van der Waals surface area contributed by atoms with Crippen LogP contribution in [0.15, 0.2) is 29.4 Å². The molecule has 0 spiro atoms. The number of nitrogens with one attached hydrogen (secondary N) is 1. The SMILES string of the molecule is CCOCCCNC(=O)CSc1nc2nc(C)c(Cc3ccccc3Cl)c(C)n2n1. The van der Waals surface area contributed by atoms with Crippen molar-refractivity contribution in [2.24, 2.45) is 0 Å². The highest BCUT2D eigenvalue weighted by molar-refractivity contribution is 7.99. The number of halogens is 1. The van der Waals surface area contributed by atoms with Gasteiger partial charge in [-0.05, 0) is 44.4 Å². The van der Waals surface area contributed by atoms with Gasteiger partial charge in [0, 0.05) is 42.6 Å². The molecule has 30 heavy (non-hydrogen) atoms. The first kappa shape index (κ1) is 22.5. The molecular formula is C21H26ClN5O2S. The Bertz CT molecular complexity index is 1020. The zero-order valence-corrected chi connectivity index (χ0v) is 19.0. The molecule has 0 radical (unpaired) electrons. The highest BCUT2D eigenvalue weighted by Crippen LogP contribution is 2.23. The van der Waals surface area contributed by atoms with Crippen molar-refractivity contribution in [2.45, 2.75) is 38.8 Å². The number of carbonyl (C=O) groups is 1. The van der Waals surface area contributed by atoms with Crippen LogP contribution >= 0.6 is 23.4 Å². The minimum absolute atomic E-state index is 0.0457. The van der Waals surface area contributed by atoms with E-state index < -0.39 is 0 Å². The van der Waals surface area contributed by atoms with Gasteiger partial charge in [0.2, 0.25) is 11.1 Å². The number of aromatic nitrogens is 4. The van der Waals surface area contributed by atoms with Gasteiger partial charge >= 0.3 is 0 Å². The summed E-state index contributed by atoms with van der Waals surface area (Å²) in [5.74, 6) is 0.749. The van der Waals surface area contributed by atoms with Crippen LogP contribution in [0.3, 0.4) is 0 Å². The van der Waals surface area contributed by atoms with Gasteiger partial charge in [0.15, 0.2) is 0 Å². The van der Waals surface area contributed by atoms with E-state index in [4.69, 9.17) is 16.3 Å². The number of amides is 1. The molecular weight excluding hydrogens is 422 g/mol. The second kappa shape index (κ2) is 10.7. The van der Waals surface area contributed by atoms with E-state index in [1.54, 1.807) is 4.52 Å². The van der Waals surface area contributed by atoms with Crippen molar-refractivity contribution < 1.29 is 9.53 Å². The summed E-state index contributed by atoms with van der Waals surface area (Å²) >= 11 is 7.63. The third-order valence-corrected chi connectivity index (χ3v) is 5.89. The molecule has 1 N–H and O–H groups in total. The number of hydrogen-bond donors (Lipinski definition) is 1. The lowest BCUT2D eigenvalue weighted by molar-refractivity contribution is -0.118. The molecule has 9 heteroatoms. The van der Waals surface area contributed by atoms with Crippen molar-refractivity contribution in [1.29, 1.82) is 0 Å². The van der Waals surface area contributed by atoms with Crippen LogP contribution in [0.5, 0.6) is 0 Å². The van der Waals surface area contributed by atoms with Crippen molar-refractivity contribution in [2.75, 3.05) is 25.5 Å². The summed E-state index contributed by atoms with van der Waals surface area (Å²) in [6.45, 7) is 7.87. The Morgan fingerprint density at radius 3 is 2.83 bits per heavy atom. The average molecular weight is 448 g/mol. The molecule has 1 amide bonds. The highest BCUT2D eigenvalue weighted by Gasteiger charge is 2.15. The molecule has 2 aromatic heterocycles. The van der Waals surface area contributed by atoms with Gasteiger partial charge in [0.05, 0.1) is 5.75 Å². The second-order valence-corrected chi connectivity index (χ2v) is 8.17. The molecule has 0 aliphatic rings. The van der Waals surface area contributed by atoms with Crippen molar-refractivity contribution in [3.05, 3.63) is 51.8 Å². The van der Waals surface area contributed by atoms with Crippen molar-refractivity contribution in [3.8, 4) is 0 Å². The Morgan fingerprint density at radius 1 is 1.27 bits per heavy atom. The summed E-state index contributed by atoms with van der Waals surface area (Å²) in [6, 6.07) is 7.80. The summed E-state index contributed by atoms with van der Waals surface area (Å²) in [4.78, 5) is 21.1. The third kappa shape index (κ3) is 5.71. The highest BCUT2D eigenvalue weighted by atomic mass is 35.5. The number of hydrogen-bond acceptors (Lipinski definition) is 6. The van der Waals surface area contributed by atoms with E-state index in [-0.39, 0.29) is 11.7 Å². The Labute approximate surface area is 185 Å². The summed E-state index contributed by atoms with van der Waals surface area (Å²) in [7, 11) is 0. The number of thioether (sulfide) groups is 1. The maximum Gasteiger partial charge on any atom is 0.253 e. The molecule has 0 saturated heterocycles. The van der Waals surface area contributed by atoms with Crippen LogP contribution in [0, 0.1) is 13.8 Å². The van der Waals surface area contributed by atoms with Crippen LogP contribution in [0.2, 0.25) is 5.02 Å². The largest absolute Gasteiger partial charge is 0.382 e. The van der Waals surface area contributed by atoms with E-state index in [9.17, 15) is 4.79 Å². The quantitative estimate of drug-likeness (QED) is 0.377. The molecule has 1 aromatic carbocycles. The number of carbonyl (C=O) groups excluding carboxylic acids is 1. The average Bonchev–Trinajstić information content (AvgIpc) is 3.13. The van der Waals surface area contributed by atoms with Crippen LogP contribution < -0.4 is 5.32 Å². The molecule has 160 valence electrons. The Kier molecular flexibility index (Phi) is 8.07. The Morgan fingerprint density at radius 2 is 2.07 bits per heavy atom. The van der Waals surface area contributed by atoms with E-state index in [1.165, 1.54) is 11.8 Å². The molecule has 3 rings (SSSR count). The van der Waals surface area contributed by atoms with E-state index in [0.717, 1.165) is 34.0 Å². The lowest BCUT2D eigenvalue weighted by Crippen LogP contribution is -2.26. The maximum absolute atomic E-state index is 12.0. The molecule has 0 saturated carbocycles. The molecule has 0 unspecified atom stereocenters. The first-order valence-corrected chi connectivity index (χ1v) is 11.3. The fourth-order valence-electron chi connectivity index (χ4n) is 3.07. The molecule has 3 aromatic rings. The van der Waals surface area contributed by atoms with Crippen LogP contribution in [0.1, 0.15) is 35.9 Å². The lowest BCUT2D eigenvalue weighted by atomic mass is 10.0.